The van der Waals surface area contributed by atoms with E-state index in [0.717, 1.165) is 37.6 Å². The van der Waals surface area contributed by atoms with Crippen molar-refractivity contribution in [2.24, 2.45) is 0 Å². The van der Waals surface area contributed by atoms with Crippen molar-refractivity contribution in [2.75, 3.05) is 33.7 Å². The van der Waals surface area contributed by atoms with E-state index in [1.54, 1.807) is 6.07 Å². The normalized spacial score (nSPS) is 25.7. The first-order valence-electron chi connectivity index (χ1n) is 7.11. The van der Waals surface area contributed by atoms with Gasteiger partial charge in [-0.05, 0) is 26.9 Å². The largest absolute Gasteiger partial charge is 0.310 e. The lowest BCUT2D eigenvalue weighted by atomic mass is 10.1. The predicted molar refractivity (Wildman–Crippen MR) is 74.5 cm³/mol. The van der Waals surface area contributed by atoms with Crippen molar-refractivity contribution in [3.63, 3.8) is 0 Å². The minimum Gasteiger partial charge on any atom is -0.310 e. The Hall–Kier alpha value is -1.20. The van der Waals surface area contributed by atoms with Crippen LogP contribution in [0.15, 0.2) is 10.9 Å². The lowest BCUT2D eigenvalue weighted by Gasteiger charge is -2.37. The Labute approximate surface area is 113 Å². The molecule has 19 heavy (non-hydrogen) atoms. The number of rotatable bonds is 3. The van der Waals surface area contributed by atoms with Crippen molar-refractivity contribution in [3.8, 4) is 0 Å². The van der Waals surface area contributed by atoms with E-state index in [9.17, 15) is 4.79 Å². The molecule has 1 aliphatic heterocycles. The third-order valence-corrected chi connectivity index (χ3v) is 4.22. The van der Waals surface area contributed by atoms with E-state index < -0.39 is 0 Å². The van der Waals surface area contributed by atoms with E-state index in [2.05, 4.69) is 33.9 Å². The zero-order chi connectivity index (χ0) is 13.4. The smallest absolute Gasteiger partial charge is 0.251 e. The van der Waals surface area contributed by atoms with E-state index in [1.807, 2.05) is 0 Å². The van der Waals surface area contributed by atoms with Crippen LogP contribution in [0.1, 0.15) is 30.3 Å². The molecular weight excluding hydrogens is 240 g/mol. The number of aromatic nitrogens is 2. The van der Waals surface area contributed by atoms with Gasteiger partial charge in [0.2, 0.25) is 0 Å². The molecule has 104 valence electrons. The van der Waals surface area contributed by atoms with E-state index in [1.165, 1.54) is 12.8 Å². The summed E-state index contributed by atoms with van der Waals surface area (Å²) in [6.45, 7) is 3.22. The second-order valence-corrected chi connectivity index (χ2v) is 5.99. The van der Waals surface area contributed by atoms with Crippen LogP contribution in [0.4, 0.5) is 0 Å². The van der Waals surface area contributed by atoms with E-state index >= 15 is 0 Å². The number of hydrogen-bond acceptors (Lipinski definition) is 4. The molecule has 2 heterocycles. The quantitative estimate of drug-likeness (QED) is 0.858. The molecule has 5 nitrogen and oxygen atoms in total. The van der Waals surface area contributed by atoms with Gasteiger partial charge in [0.1, 0.15) is 5.82 Å². The summed E-state index contributed by atoms with van der Waals surface area (Å²) < 4.78 is 0. The van der Waals surface area contributed by atoms with Crippen LogP contribution < -0.4 is 5.56 Å². The first-order chi connectivity index (χ1) is 9.11. The summed E-state index contributed by atoms with van der Waals surface area (Å²) in [4.78, 5) is 24.0. The minimum absolute atomic E-state index is 0.00119. The van der Waals surface area contributed by atoms with Gasteiger partial charge >= 0.3 is 0 Å². The van der Waals surface area contributed by atoms with Crippen LogP contribution in [0.3, 0.4) is 0 Å². The molecule has 0 aromatic carbocycles. The highest BCUT2D eigenvalue weighted by molar-refractivity contribution is 5.14. The number of H-pyrrole nitrogens is 1. The van der Waals surface area contributed by atoms with Gasteiger partial charge in [0.05, 0.1) is 5.69 Å². The molecule has 1 saturated heterocycles. The van der Waals surface area contributed by atoms with Gasteiger partial charge in [0, 0.05) is 44.1 Å². The van der Waals surface area contributed by atoms with E-state index in [0.29, 0.717) is 12.0 Å². The first kappa shape index (κ1) is 12.8. The lowest BCUT2D eigenvalue weighted by Crippen LogP contribution is -2.51. The molecule has 1 aromatic heterocycles. The summed E-state index contributed by atoms with van der Waals surface area (Å²) in [6, 6.07) is 2.11. The summed E-state index contributed by atoms with van der Waals surface area (Å²) in [7, 11) is 4.30. The zero-order valence-corrected chi connectivity index (χ0v) is 11.7. The highest BCUT2D eigenvalue weighted by Gasteiger charge is 2.27. The predicted octanol–water partition coefficient (Wildman–Crippen LogP) is 0.436. The highest BCUT2D eigenvalue weighted by Crippen LogP contribution is 2.38. The fraction of sp³-hybridized carbons (Fsp3) is 0.714. The molecule has 1 saturated carbocycles. The maximum Gasteiger partial charge on any atom is 0.251 e. The minimum atomic E-state index is -0.00119. The average molecular weight is 262 g/mol. The molecule has 2 fully saturated rings. The molecular formula is C14H22N4O. The molecule has 0 amide bonds. The Bertz CT molecular complexity index is 508. The Morgan fingerprint density at radius 2 is 2.16 bits per heavy atom. The van der Waals surface area contributed by atoms with Crippen LogP contribution in [0, 0.1) is 0 Å². The van der Waals surface area contributed by atoms with E-state index in [4.69, 9.17) is 0 Å². The van der Waals surface area contributed by atoms with Gasteiger partial charge in [-0.3, -0.25) is 4.79 Å². The molecule has 2 aliphatic rings. The maximum atomic E-state index is 11.7. The second kappa shape index (κ2) is 5.06. The van der Waals surface area contributed by atoms with Crippen LogP contribution in [0.2, 0.25) is 0 Å². The SMILES string of the molecule is CN1CCN(C)C(Cc2nc(C3CC3)cc(=O)[nH]2)C1. The Morgan fingerprint density at radius 1 is 1.37 bits per heavy atom. The van der Waals surface area contributed by atoms with E-state index in [-0.39, 0.29) is 5.56 Å². The van der Waals surface area contributed by atoms with Crippen molar-refractivity contribution in [2.45, 2.75) is 31.2 Å². The van der Waals surface area contributed by atoms with Gasteiger partial charge in [-0.25, -0.2) is 4.98 Å². The molecule has 5 heteroatoms. The van der Waals surface area contributed by atoms with Crippen LogP contribution in [-0.2, 0) is 6.42 Å². The fourth-order valence-electron chi connectivity index (χ4n) is 2.76. The Balaban J connectivity index is 1.76. The van der Waals surface area contributed by atoms with Gasteiger partial charge in [-0.1, -0.05) is 0 Å². The molecule has 1 aliphatic carbocycles. The highest BCUT2D eigenvalue weighted by atomic mass is 16.1. The standard InChI is InChI=1S/C14H22N4O/c1-17-5-6-18(2)11(9-17)7-13-15-12(10-3-4-10)8-14(19)16-13/h8,10-11H,3-7,9H2,1-2H3,(H,15,16,19). The maximum absolute atomic E-state index is 11.7. The molecule has 1 atom stereocenters. The topological polar surface area (TPSA) is 52.2 Å². The van der Waals surface area contributed by atoms with Gasteiger partial charge in [-0.2, -0.15) is 0 Å². The number of nitrogens with one attached hydrogen (secondary N) is 1. The molecule has 1 aromatic rings. The monoisotopic (exact) mass is 262 g/mol. The van der Waals surface area contributed by atoms with Gasteiger partial charge < -0.3 is 14.8 Å². The fourth-order valence-corrected chi connectivity index (χ4v) is 2.76. The Morgan fingerprint density at radius 3 is 2.89 bits per heavy atom. The van der Waals surface area contributed by atoms with Crippen molar-refractivity contribution in [1.82, 2.24) is 19.8 Å². The zero-order valence-electron chi connectivity index (χ0n) is 11.7. The summed E-state index contributed by atoms with van der Waals surface area (Å²) >= 11 is 0. The molecule has 0 bridgehead atoms. The van der Waals surface area contributed by atoms with Crippen molar-refractivity contribution >= 4 is 0 Å². The Kier molecular flexibility index (Phi) is 3.41. The lowest BCUT2D eigenvalue weighted by molar-refractivity contribution is 0.113. The average Bonchev–Trinajstić information content (AvgIpc) is 3.17. The molecule has 1 unspecified atom stereocenters. The second-order valence-electron chi connectivity index (χ2n) is 5.99. The summed E-state index contributed by atoms with van der Waals surface area (Å²) in [5, 5.41) is 0. The summed E-state index contributed by atoms with van der Waals surface area (Å²) in [5.74, 6) is 1.38. The third-order valence-electron chi connectivity index (χ3n) is 4.22. The molecule has 0 radical (unpaired) electrons. The molecule has 1 N–H and O–H groups in total. The van der Waals surface area contributed by atoms with Crippen LogP contribution >= 0.6 is 0 Å². The number of aromatic amines is 1. The number of hydrogen-bond donors (Lipinski definition) is 1. The summed E-state index contributed by atoms with van der Waals surface area (Å²) in [5.41, 5.74) is 0.990. The third kappa shape index (κ3) is 3.04. The van der Waals surface area contributed by atoms with Crippen molar-refractivity contribution < 1.29 is 0 Å². The summed E-state index contributed by atoms with van der Waals surface area (Å²) in [6.07, 6.45) is 3.20. The first-order valence-corrected chi connectivity index (χ1v) is 7.11. The van der Waals surface area contributed by atoms with Gasteiger partial charge in [-0.15, -0.1) is 0 Å². The van der Waals surface area contributed by atoms with Gasteiger partial charge in [0.15, 0.2) is 0 Å². The van der Waals surface area contributed by atoms with Crippen LogP contribution in [0.5, 0.6) is 0 Å². The van der Waals surface area contributed by atoms with Crippen molar-refractivity contribution in [3.05, 3.63) is 27.9 Å². The molecule has 3 rings (SSSR count). The van der Waals surface area contributed by atoms with Crippen LogP contribution in [0.25, 0.3) is 0 Å². The molecule has 0 spiro atoms. The van der Waals surface area contributed by atoms with Crippen LogP contribution in [-0.4, -0.2) is 59.5 Å². The van der Waals surface area contributed by atoms with Gasteiger partial charge in [0.25, 0.3) is 5.56 Å². The van der Waals surface area contributed by atoms with Crippen molar-refractivity contribution in [1.29, 1.82) is 0 Å². The number of piperazine rings is 1. The number of likely N-dealkylation sites (N-methyl/N-ethyl adjacent to an activating group) is 2. The number of nitrogens with zero attached hydrogens (tertiary/aromatic N) is 3.